The summed E-state index contributed by atoms with van der Waals surface area (Å²) in [6.45, 7) is 3.89. The molecule has 0 unspecified atom stereocenters. The molecule has 0 fully saturated rings. The summed E-state index contributed by atoms with van der Waals surface area (Å²) in [7, 11) is 0.0404. The Morgan fingerprint density at radius 1 is 1.22 bits per heavy atom. The van der Waals surface area contributed by atoms with Crippen molar-refractivity contribution in [3.8, 4) is 0 Å². The van der Waals surface area contributed by atoms with Gasteiger partial charge in [-0.3, -0.25) is 4.40 Å². The number of aryl methyl sites for hydroxylation is 2. The molecule has 122 valence electrons. The Kier molecular flexibility index (Phi) is 3.47. The maximum atomic E-state index is 12.0. The molecule has 0 aliphatic heterocycles. The van der Waals surface area contributed by atoms with E-state index >= 15 is 0 Å². The molecule has 0 N–H and O–H groups in total. The summed E-state index contributed by atoms with van der Waals surface area (Å²) in [5.41, 5.74) is 2.65. The fourth-order valence-electron chi connectivity index (χ4n) is 2.51. The van der Waals surface area contributed by atoms with Crippen LogP contribution in [-0.2, 0) is 16.3 Å². The second-order valence-corrected chi connectivity index (χ2v) is 7.52. The van der Waals surface area contributed by atoms with Gasteiger partial charge < -0.3 is 4.90 Å². The Bertz CT molecular complexity index is 1020. The van der Waals surface area contributed by atoms with E-state index in [1.807, 2.05) is 18.2 Å². The van der Waals surface area contributed by atoms with Gasteiger partial charge in [-0.1, -0.05) is 6.92 Å². The fraction of sp³-hybridized carbons (Fsp3) is 0.429. The van der Waals surface area contributed by atoms with Gasteiger partial charge in [0.1, 0.15) is 11.3 Å². The number of hydrogen-bond donors (Lipinski definition) is 0. The van der Waals surface area contributed by atoms with Crippen LogP contribution in [0.3, 0.4) is 0 Å². The van der Waals surface area contributed by atoms with Crippen molar-refractivity contribution in [3.05, 3.63) is 17.7 Å². The zero-order chi connectivity index (χ0) is 16.9. The van der Waals surface area contributed by atoms with Crippen LogP contribution < -0.4 is 4.90 Å². The normalized spacial score (nSPS) is 12.2. The summed E-state index contributed by atoms with van der Waals surface area (Å²) < 4.78 is 25.8. The number of fused-ring (bicyclic) bond motifs is 3. The number of anilines is 1. The molecule has 9 heteroatoms. The monoisotopic (exact) mass is 334 g/mol. The maximum absolute atomic E-state index is 12.0. The van der Waals surface area contributed by atoms with Crippen LogP contribution in [0, 0.1) is 6.92 Å². The molecule has 23 heavy (non-hydrogen) atoms. The summed E-state index contributed by atoms with van der Waals surface area (Å²) >= 11 is 0. The molecule has 0 spiro atoms. The van der Waals surface area contributed by atoms with E-state index in [1.54, 1.807) is 25.2 Å². The zero-order valence-corrected chi connectivity index (χ0v) is 14.5. The molecular formula is C14H18N6O2S. The third-order valence-electron chi connectivity index (χ3n) is 3.59. The summed E-state index contributed by atoms with van der Waals surface area (Å²) in [6, 6.07) is 0. The smallest absolute Gasteiger partial charge is 0.250 e. The van der Waals surface area contributed by atoms with Crippen LogP contribution in [0.25, 0.3) is 16.7 Å². The average Bonchev–Trinajstić information content (AvgIpc) is 2.81. The largest absolute Gasteiger partial charge is 0.361 e. The molecular weight excluding hydrogens is 316 g/mol. The molecule has 3 aromatic rings. The van der Waals surface area contributed by atoms with Crippen LogP contribution in [0.4, 0.5) is 5.82 Å². The molecule has 3 aromatic heterocycles. The van der Waals surface area contributed by atoms with Gasteiger partial charge in [-0.05, 0) is 6.92 Å². The molecule has 0 aliphatic rings. The van der Waals surface area contributed by atoms with E-state index in [-0.39, 0.29) is 5.16 Å². The SMILES string of the molecule is CCc1nc(C)c2cnc3c(N(C)C)nc(S(C)(=O)=O)nc3n12. The summed E-state index contributed by atoms with van der Waals surface area (Å²) in [5.74, 6) is 1.28. The van der Waals surface area contributed by atoms with Crippen LogP contribution >= 0.6 is 0 Å². The van der Waals surface area contributed by atoms with Crippen LogP contribution in [0.5, 0.6) is 0 Å². The average molecular weight is 334 g/mol. The number of aromatic nitrogens is 5. The van der Waals surface area contributed by atoms with Gasteiger partial charge in [0.25, 0.3) is 5.16 Å². The van der Waals surface area contributed by atoms with Gasteiger partial charge in [-0.2, -0.15) is 9.97 Å². The third kappa shape index (κ3) is 2.40. The van der Waals surface area contributed by atoms with Gasteiger partial charge >= 0.3 is 0 Å². The first-order chi connectivity index (χ1) is 10.7. The predicted molar refractivity (Wildman–Crippen MR) is 87.6 cm³/mol. The molecule has 0 saturated carbocycles. The highest BCUT2D eigenvalue weighted by Crippen LogP contribution is 2.25. The first kappa shape index (κ1) is 15.6. The quantitative estimate of drug-likeness (QED) is 0.660. The van der Waals surface area contributed by atoms with Crippen molar-refractivity contribution in [3.63, 3.8) is 0 Å². The van der Waals surface area contributed by atoms with E-state index in [0.29, 0.717) is 23.4 Å². The van der Waals surface area contributed by atoms with Gasteiger partial charge in [-0.15, -0.1) is 0 Å². The number of sulfone groups is 1. The van der Waals surface area contributed by atoms with Gasteiger partial charge in [0.2, 0.25) is 9.84 Å². The van der Waals surface area contributed by atoms with Crippen molar-refractivity contribution in [1.82, 2.24) is 24.3 Å². The Balaban J connectivity index is 2.58. The highest BCUT2D eigenvalue weighted by molar-refractivity contribution is 7.90. The van der Waals surface area contributed by atoms with Crippen molar-refractivity contribution in [2.45, 2.75) is 25.4 Å². The van der Waals surface area contributed by atoms with Crippen LogP contribution in [0.1, 0.15) is 18.4 Å². The van der Waals surface area contributed by atoms with Crippen LogP contribution in [0.15, 0.2) is 11.4 Å². The lowest BCUT2D eigenvalue weighted by molar-refractivity contribution is 0.593. The molecule has 0 bridgehead atoms. The minimum absolute atomic E-state index is 0.212. The summed E-state index contributed by atoms with van der Waals surface area (Å²) in [6.07, 6.45) is 3.52. The Hall–Kier alpha value is -2.29. The predicted octanol–water partition coefficient (Wildman–Crippen LogP) is 1.01. The first-order valence-corrected chi connectivity index (χ1v) is 9.05. The van der Waals surface area contributed by atoms with Gasteiger partial charge in [0, 0.05) is 26.8 Å². The Morgan fingerprint density at radius 2 is 1.91 bits per heavy atom. The first-order valence-electron chi connectivity index (χ1n) is 7.16. The molecule has 8 nitrogen and oxygen atoms in total. The van der Waals surface area contributed by atoms with Crippen molar-refractivity contribution in [1.29, 1.82) is 0 Å². The van der Waals surface area contributed by atoms with Crippen molar-refractivity contribution >= 4 is 32.3 Å². The Labute approximate surface area is 134 Å². The Morgan fingerprint density at radius 3 is 2.48 bits per heavy atom. The molecule has 3 heterocycles. The number of imidazole rings is 1. The van der Waals surface area contributed by atoms with E-state index in [2.05, 4.69) is 19.9 Å². The van der Waals surface area contributed by atoms with E-state index in [9.17, 15) is 8.42 Å². The lowest BCUT2D eigenvalue weighted by Crippen LogP contribution is -2.16. The van der Waals surface area contributed by atoms with Crippen LogP contribution in [0.2, 0.25) is 0 Å². The standard InChI is InChI=1S/C14H18N6O2S/c1-6-10-16-8(2)9-7-15-11-12(19(3)4)17-14(23(5,21)22)18-13(11)20(9)10/h7H,6H2,1-5H3. The molecule has 0 aliphatic carbocycles. The van der Waals surface area contributed by atoms with Gasteiger partial charge in [-0.25, -0.2) is 18.4 Å². The van der Waals surface area contributed by atoms with Gasteiger partial charge in [0.15, 0.2) is 11.5 Å². The van der Waals surface area contributed by atoms with Crippen molar-refractivity contribution in [2.24, 2.45) is 0 Å². The number of hydrogen-bond acceptors (Lipinski definition) is 7. The number of nitrogens with zero attached hydrogens (tertiary/aromatic N) is 6. The minimum atomic E-state index is -3.54. The molecule has 0 saturated heterocycles. The zero-order valence-electron chi connectivity index (χ0n) is 13.7. The van der Waals surface area contributed by atoms with Gasteiger partial charge in [0.05, 0.1) is 17.4 Å². The highest BCUT2D eigenvalue weighted by Gasteiger charge is 2.21. The second-order valence-electron chi connectivity index (χ2n) is 5.61. The molecule has 3 rings (SSSR count). The highest BCUT2D eigenvalue weighted by atomic mass is 32.2. The van der Waals surface area contributed by atoms with E-state index in [4.69, 9.17) is 0 Å². The molecule has 0 radical (unpaired) electrons. The van der Waals surface area contributed by atoms with Crippen LogP contribution in [-0.4, -0.2) is 53.1 Å². The molecule has 0 atom stereocenters. The molecule has 0 aromatic carbocycles. The number of rotatable bonds is 3. The minimum Gasteiger partial charge on any atom is -0.361 e. The van der Waals surface area contributed by atoms with Crippen molar-refractivity contribution in [2.75, 3.05) is 25.3 Å². The fourth-order valence-corrected chi connectivity index (χ4v) is 3.02. The molecule has 0 amide bonds. The topological polar surface area (TPSA) is 93.4 Å². The maximum Gasteiger partial charge on any atom is 0.250 e. The van der Waals surface area contributed by atoms with Crippen molar-refractivity contribution < 1.29 is 8.42 Å². The lowest BCUT2D eigenvalue weighted by Gasteiger charge is -2.15. The summed E-state index contributed by atoms with van der Waals surface area (Å²) in [4.78, 5) is 19.1. The lowest BCUT2D eigenvalue weighted by atomic mass is 10.3. The van der Waals surface area contributed by atoms with E-state index < -0.39 is 9.84 Å². The third-order valence-corrected chi connectivity index (χ3v) is 4.44. The van der Waals surface area contributed by atoms with E-state index in [0.717, 1.165) is 23.3 Å². The summed E-state index contributed by atoms with van der Waals surface area (Å²) in [5, 5.41) is -0.212. The van der Waals surface area contributed by atoms with E-state index in [1.165, 1.54) is 0 Å². The second kappa shape index (κ2) is 5.12.